The number of ether oxygens (including phenoxy) is 1. The number of anilines is 1. The molecule has 1 atom stereocenters. The molecule has 0 bridgehead atoms. The van der Waals surface area contributed by atoms with Crippen molar-refractivity contribution in [3.05, 3.63) is 18.3 Å². The van der Waals surface area contributed by atoms with Crippen molar-refractivity contribution in [2.75, 3.05) is 32.1 Å². The maximum absolute atomic E-state index is 12.7. The van der Waals surface area contributed by atoms with Gasteiger partial charge in [0.2, 0.25) is 10.0 Å². The Morgan fingerprint density at radius 1 is 1.52 bits per heavy atom. The van der Waals surface area contributed by atoms with Gasteiger partial charge in [-0.1, -0.05) is 0 Å². The van der Waals surface area contributed by atoms with Crippen LogP contribution in [0, 0.1) is 0 Å². The number of morpholine rings is 1. The molecule has 1 aromatic rings. The SMILES string of the molecule is CNc1ccc(S(=O)(=O)N2CC(CO)OC(C)(C)C2)cn1. The van der Waals surface area contributed by atoms with Gasteiger partial charge in [0, 0.05) is 26.3 Å². The minimum Gasteiger partial charge on any atom is -0.394 e. The van der Waals surface area contributed by atoms with Crippen molar-refractivity contribution in [3.63, 3.8) is 0 Å². The Hall–Kier alpha value is -1.22. The molecule has 0 aromatic carbocycles. The molecule has 1 aliphatic rings. The average molecular weight is 315 g/mol. The van der Waals surface area contributed by atoms with Crippen LogP contribution in [0.4, 0.5) is 5.82 Å². The number of hydrogen-bond donors (Lipinski definition) is 2. The number of hydrogen-bond acceptors (Lipinski definition) is 6. The van der Waals surface area contributed by atoms with E-state index in [9.17, 15) is 13.5 Å². The maximum atomic E-state index is 12.7. The van der Waals surface area contributed by atoms with Crippen LogP contribution in [0.3, 0.4) is 0 Å². The third-order valence-corrected chi connectivity index (χ3v) is 5.08. The third-order valence-electron chi connectivity index (χ3n) is 3.28. The van der Waals surface area contributed by atoms with Gasteiger partial charge in [0.25, 0.3) is 0 Å². The smallest absolute Gasteiger partial charge is 0.244 e. The van der Waals surface area contributed by atoms with Crippen molar-refractivity contribution >= 4 is 15.8 Å². The molecular weight excluding hydrogens is 294 g/mol. The second-order valence-corrected chi connectivity index (χ2v) is 7.55. The van der Waals surface area contributed by atoms with Crippen LogP contribution in [-0.4, -0.2) is 61.3 Å². The Morgan fingerprint density at radius 3 is 2.76 bits per heavy atom. The Bertz CT molecular complexity index is 586. The lowest BCUT2D eigenvalue weighted by atomic mass is 10.1. The fourth-order valence-electron chi connectivity index (χ4n) is 2.35. The minimum absolute atomic E-state index is 0.135. The summed E-state index contributed by atoms with van der Waals surface area (Å²) < 4.78 is 32.3. The Kier molecular flexibility index (Phi) is 4.52. The number of aromatic nitrogens is 1. The summed E-state index contributed by atoms with van der Waals surface area (Å²) in [5.74, 6) is 0.601. The highest BCUT2D eigenvalue weighted by Crippen LogP contribution is 2.26. The number of rotatable bonds is 4. The van der Waals surface area contributed by atoms with Gasteiger partial charge < -0.3 is 15.2 Å². The largest absolute Gasteiger partial charge is 0.394 e. The van der Waals surface area contributed by atoms with Crippen LogP contribution in [0.2, 0.25) is 0 Å². The van der Waals surface area contributed by atoms with Gasteiger partial charge in [-0.25, -0.2) is 13.4 Å². The Labute approximate surface area is 125 Å². The van der Waals surface area contributed by atoms with E-state index in [0.717, 1.165) is 0 Å². The van der Waals surface area contributed by atoms with Gasteiger partial charge in [-0.15, -0.1) is 0 Å². The summed E-state index contributed by atoms with van der Waals surface area (Å²) in [6.07, 6.45) is 0.811. The lowest BCUT2D eigenvalue weighted by Gasteiger charge is -2.41. The number of nitrogens with zero attached hydrogens (tertiary/aromatic N) is 2. The molecule has 0 saturated carbocycles. The first-order chi connectivity index (χ1) is 9.78. The lowest BCUT2D eigenvalue weighted by molar-refractivity contribution is -0.131. The summed E-state index contributed by atoms with van der Waals surface area (Å²) in [4.78, 5) is 4.17. The first-order valence-electron chi connectivity index (χ1n) is 6.71. The average Bonchev–Trinajstić information content (AvgIpc) is 2.45. The molecular formula is C13H21N3O4S. The van der Waals surface area contributed by atoms with E-state index in [2.05, 4.69) is 10.3 Å². The fraction of sp³-hybridized carbons (Fsp3) is 0.615. The molecule has 1 unspecified atom stereocenters. The highest BCUT2D eigenvalue weighted by Gasteiger charge is 2.39. The van der Waals surface area contributed by atoms with E-state index in [1.165, 1.54) is 16.6 Å². The summed E-state index contributed by atoms with van der Waals surface area (Å²) in [7, 11) is -1.93. The van der Waals surface area contributed by atoms with E-state index in [1.807, 2.05) is 0 Å². The van der Waals surface area contributed by atoms with Gasteiger partial charge >= 0.3 is 0 Å². The summed E-state index contributed by atoms with van der Waals surface area (Å²) in [5.41, 5.74) is -0.642. The van der Waals surface area contributed by atoms with E-state index in [4.69, 9.17) is 4.74 Å². The molecule has 21 heavy (non-hydrogen) atoms. The van der Waals surface area contributed by atoms with Crippen LogP contribution < -0.4 is 5.32 Å². The number of aliphatic hydroxyl groups excluding tert-OH is 1. The van der Waals surface area contributed by atoms with Crippen LogP contribution in [0.15, 0.2) is 23.2 Å². The molecule has 1 fully saturated rings. The van der Waals surface area contributed by atoms with E-state index < -0.39 is 21.7 Å². The quantitative estimate of drug-likeness (QED) is 0.829. The van der Waals surface area contributed by atoms with Crippen LogP contribution in [0.25, 0.3) is 0 Å². The number of aliphatic hydroxyl groups is 1. The van der Waals surface area contributed by atoms with Gasteiger partial charge in [-0.3, -0.25) is 0 Å². The molecule has 1 saturated heterocycles. The molecule has 0 amide bonds. The van der Waals surface area contributed by atoms with Crippen molar-refractivity contribution in [2.45, 2.75) is 30.4 Å². The zero-order valence-electron chi connectivity index (χ0n) is 12.4. The Balaban J connectivity index is 2.29. The zero-order chi connectivity index (χ0) is 15.7. The zero-order valence-corrected chi connectivity index (χ0v) is 13.2. The highest BCUT2D eigenvalue weighted by atomic mass is 32.2. The van der Waals surface area contributed by atoms with E-state index >= 15 is 0 Å². The topological polar surface area (TPSA) is 91.8 Å². The van der Waals surface area contributed by atoms with Crippen LogP contribution in [-0.2, 0) is 14.8 Å². The van der Waals surface area contributed by atoms with Gasteiger partial charge in [0.15, 0.2) is 0 Å². The lowest BCUT2D eigenvalue weighted by Crippen LogP contribution is -2.55. The number of pyridine rings is 1. The van der Waals surface area contributed by atoms with E-state index in [1.54, 1.807) is 27.0 Å². The van der Waals surface area contributed by atoms with Gasteiger partial charge in [-0.2, -0.15) is 4.31 Å². The van der Waals surface area contributed by atoms with Crippen molar-refractivity contribution in [2.24, 2.45) is 0 Å². The predicted molar refractivity (Wildman–Crippen MR) is 78.6 cm³/mol. The summed E-state index contributed by atoms with van der Waals surface area (Å²) in [5, 5.41) is 12.1. The van der Waals surface area contributed by atoms with Gasteiger partial charge in [-0.05, 0) is 26.0 Å². The van der Waals surface area contributed by atoms with E-state index in [-0.39, 0.29) is 24.6 Å². The van der Waals surface area contributed by atoms with Crippen molar-refractivity contribution in [1.29, 1.82) is 0 Å². The normalized spacial score (nSPS) is 23.0. The first kappa shape index (κ1) is 16.2. The minimum atomic E-state index is -3.65. The predicted octanol–water partition coefficient (Wildman–Crippen LogP) is 0.284. The standard InChI is InChI=1S/C13H21N3O4S/c1-13(2)9-16(7-10(8-17)20-13)21(18,19)11-4-5-12(14-3)15-6-11/h4-6,10,17H,7-9H2,1-3H3,(H,14,15). The molecule has 0 radical (unpaired) electrons. The van der Waals surface area contributed by atoms with Crippen LogP contribution >= 0.6 is 0 Å². The summed E-state index contributed by atoms with van der Waals surface area (Å²) >= 11 is 0. The molecule has 0 aliphatic carbocycles. The molecule has 7 nitrogen and oxygen atoms in total. The molecule has 2 heterocycles. The van der Waals surface area contributed by atoms with Crippen molar-refractivity contribution in [3.8, 4) is 0 Å². The Morgan fingerprint density at radius 2 is 2.24 bits per heavy atom. The number of sulfonamides is 1. The molecule has 1 aliphatic heterocycles. The molecule has 8 heteroatoms. The van der Waals surface area contributed by atoms with Gasteiger partial charge in [0.05, 0.1) is 18.3 Å². The highest BCUT2D eigenvalue weighted by molar-refractivity contribution is 7.89. The van der Waals surface area contributed by atoms with Crippen LogP contribution in [0.5, 0.6) is 0 Å². The first-order valence-corrected chi connectivity index (χ1v) is 8.15. The second kappa shape index (κ2) is 5.88. The van der Waals surface area contributed by atoms with E-state index in [0.29, 0.717) is 5.82 Å². The second-order valence-electron chi connectivity index (χ2n) is 5.61. The molecule has 118 valence electrons. The summed E-state index contributed by atoms with van der Waals surface area (Å²) in [6.45, 7) is 3.77. The van der Waals surface area contributed by atoms with Crippen LogP contribution in [0.1, 0.15) is 13.8 Å². The number of nitrogens with one attached hydrogen (secondary N) is 1. The van der Waals surface area contributed by atoms with Crippen molar-refractivity contribution < 1.29 is 18.3 Å². The fourth-order valence-corrected chi connectivity index (χ4v) is 3.92. The molecule has 1 aromatic heterocycles. The maximum Gasteiger partial charge on any atom is 0.244 e. The monoisotopic (exact) mass is 315 g/mol. The van der Waals surface area contributed by atoms with Crippen molar-refractivity contribution in [1.82, 2.24) is 9.29 Å². The molecule has 2 N–H and O–H groups in total. The molecule has 2 rings (SSSR count). The van der Waals surface area contributed by atoms with Gasteiger partial charge in [0.1, 0.15) is 10.7 Å². The third kappa shape index (κ3) is 3.52. The summed E-state index contributed by atoms with van der Waals surface area (Å²) in [6, 6.07) is 3.13. The molecule has 0 spiro atoms.